The van der Waals surface area contributed by atoms with Gasteiger partial charge in [-0.05, 0) is 34.2 Å². The van der Waals surface area contributed by atoms with E-state index in [-0.39, 0.29) is 30.4 Å². The van der Waals surface area contributed by atoms with Crippen LogP contribution in [0, 0.1) is 0 Å². The first kappa shape index (κ1) is 23.5. The van der Waals surface area contributed by atoms with Crippen LogP contribution in [0.5, 0.6) is 5.75 Å². The summed E-state index contributed by atoms with van der Waals surface area (Å²) in [6, 6.07) is 12.4. The number of carbonyl (C=O) groups excluding carboxylic acids is 1. The van der Waals surface area contributed by atoms with E-state index in [9.17, 15) is 18.0 Å². The number of hydrogen-bond donors (Lipinski definition) is 1. The highest BCUT2D eigenvalue weighted by atomic mass is 32.2. The van der Waals surface area contributed by atoms with Crippen LogP contribution in [0.15, 0.2) is 53.7 Å². The number of tetrazole rings is 1. The fraction of sp³-hybridized carbons (Fsp3) is 0.300. The van der Waals surface area contributed by atoms with Gasteiger partial charge in [0.2, 0.25) is 11.1 Å². The molecule has 0 spiro atoms. The van der Waals surface area contributed by atoms with E-state index in [1.54, 1.807) is 0 Å². The number of methoxy groups -OCH3 is 1. The molecule has 0 aliphatic carbocycles. The summed E-state index contributed by atoms with van der Waals surface area (Å²) < 4.78 is 51.1. The molecule has 0 bridgehead atoms. The summed E-state index contributed by atoms with van der Waals surface area (Å²) in [6.45, 7) is 0.783. The molecule has 0 radical (unpaired) electrons. The van der Waals surface area contributed by atoms with E-state index in [1.165, 1.54) is 17.9 Å². The van der Waals surface area contributed by atoms with Crippen LogP contribution in [-0.2, 0) is 22.3 Å². The highest BCUT2D eigenvalue weighted by molar-refractivity contribution is 7.99. The quantitative estimate of drug-likeness (QED) is 0.361. The summed E-state index contributed by atoms with van der Waals surface area (Å²) in [4.78, 5) is 12.4. The van der Waals surface area contributed by atoms with Crippen LogP contribution in [0.2, 0.25) is 0 Å². The number of alkyl halides is 3. The molecule has 1 amide bonds. The number of aromatic nitrogens is 4. The van der Waals surface area contributed by atoms with Gasteiger partial charge in [0.1, 0.15) is 12.4 Å². The minimum Gasteiger partial charge on any atom is -0.489 e. The third-order valence-electron chi connectivity index (χ3n) is 4.13. The number of nitrogens with one attached hydrogen (secondary N) is 1. The van der Waals surface area contributed by atoms with E-state index < -0.39 is 17.6 Å². The monoisotopic (exact) mass is 467 g/mol. The SMILES string of the molecule is COCCOc1ccc(C(F)(F)F)cc1NC(=O)CSc1nnnn1Cc1ccccc1. The van der Waals surface area contributed by atoms with Crippen LogP contribution in [0.25, 0.3) is 0 Å². The Kier molecular flexibility index (Phi) is 8.06. The fourth-order valence-corrected chi connectivity index (χ4v) is 3.31. The molecular weight excluding hydrogens is 447 g/mol. The van der Waals surface area contributed by atoms with Crippen LogP contribution >= 0.6 is 11.8 Å². The zero-order valence-electron chi connectivity index (χ0n) is 17.0. The Morgan fingerprint density at radius 1 is 1.16 bits per heavy atom. The number of benzene rings is 2. The molecule has 12 heteroatoms. The molecule has 170 valence electrons. The van der Waals surface area contributed by atoms with Gasteiger partial charge in [-0.3, -0.25) is 4.79 Å². The lowest BCUT2D eigenvalue weighted by Gasteiger charge is -2.15. The summed E-state index contributed by atoms with van der Waals surface area (Å²) in [5, 5.41) is 14.3. The molecule has 0 unspecified atom stereocenters. The molecule has 0 saturated heterocycles. The summed E-state index contributed by atoms with van der Waals surface area (Å²) in [6.07, 6.45) is -4.56. The maximum absolute atomic E-state index is 13.1. The van der Waals surface area contributed by atoms with Crippen LogP contribution in [0.4, 0.5) is 18.9 Å². The number of thioether (sulfide) groups is 1. The predicted octanol–water partition coefficient (Wildman–Crippen LogP) is 3.50. The molecule has 3 rings (SSSR count). The van der Waals surface area contributed by atoms with Crippen LogP contribution in [-0.4, -0.2) is 52.2 Å². The summed E-state index contributed by atoms with van der Waals surface area (Å²) in [5.41, 5.74) is 0.00432. The fourth-order valence-electron chi connectivity index (χ4n) is 2.64. The summed E-state index contributed by atoms with van der Waals surface area (Å²) >= 11 is 1.07. The first-order valence-corrected chi connectivity index (χ1v) is 10.4. The number of halogens is 3. The normalized spacial score (nSPS) is 11.4. The third kappa shape index (κ3) is 6.69. The molecule has 32 heavy (non-hydrogen) atoms. The molecule has 2 aromatic carbocycles. The van der Waals surface area contributed by atoms with Crippen molar-refractivity contribution in [3.63, 3.8) is 0 Å². The minimum absolute atomic E-state index is 0.0783. The van der Waals surface area contributed by atoms with Gasteiger partial charge >= 0.3 is 6.18 Å². The molecule has 0 atom stereocenters. The Bertz CT molecular complexity index is 1030. The number of rotatable bonds is 10. The molecule has 0 aliphatic rings. The van der Waals surface area contributed by atoms with Crippen molar-refractivity contribution in [1.29, 1.82) is 0 Å². The minimum atomic E-state index is -4.56. The van der Waals surface area contributed by atoms with E-state index >= 15 is 0 Å². The lowest BCUT2D eigenvalue weighted by Crippen LogP contribution is -2.17. The standard InChI is InChI=1S/C20H20F3N5O3S/c1-30-9-10-31-17-8-7-15(20(21,22)23)11-16(17)24-18(29)13-32-19-25-26-27-28(19)12-14-5-3-2-4-6-14/h2-8,11H,9-10,12-13H2,1H3,(H,24,29). The number of carbonyl (C=O) groups is 1. The number of nitrogens with zero attached hydrogens (tertiary/aromatic N) is 4. The molecular formula is C20H20F3N5O3S. The molecule has 0 saturated carbocycles. The molecule has 8 nitrogen and oxygen atoms in total. The Morgan fingerprint density at radius 2 is 1.94 bits per heavy atom. The van der Waals surface area contributed by atoms with Crippen LogP contribution in [0.3, 0.4) is 0 Å². The second kappa shape index (κ2) is 11.0. The number of hydrogen-bond acceptors (Lipinski definition) is 7. The zero-order chi connectivity index (χ0) is 23.0. The summed E-state index contributed by atoms with van der Waals surface area (Å²) in [5.74, 6) is -0.523. The second-order valence-electron chi connectivity index (χ2n) is 6.49. The van der Waals surface area contributed by atoms with Crippen molar-refractivity contribution in [3.8, 4) is 5.75 Å². The maximum Gasteiger partial charge on any atom is 0.416 e. The van der Waals surface area contributed by atoms with E-state index in [1.807, 2.05) is 30.3 Å². The first-order chi connectivity index (χ1) is 15.4. The Hall–Kier alpha value is -3.12. The third-order valence-corrected chi connectivity index (χ3v) is 5.09. The Morgan fingerprint density at radius 3 is 2.66 bits per heavy atom. The van der Waals surface area contributed by atoms with Gasteiger partial charge in [-0.25, -0.2) is 4.68 Å². The van der Waals surface area contributed by atoms with Crippen molar-refractivity contribution in [3.05, 3.63) is 59.7 Å². The van der Waals surface area contributed by atoms with Crippen molar-refractivity contribution >= 4 is 23.4 Å². The van der Waals surface area contributed by atoms with Crippen molar-refractivity contribution in [2.24, 2.45) is 0 Å². The van der Waals surface area contributed by atoms with Crippen LogP contribution < -0.4 is 10.1 Å². The van der Waals surface area contributed by atoms with Gasteiger partial charge < -0.3 is 14.8 Å². The van der Waals surface area contributed by atoms with Crippen molar-refractivity contribution < 1.29 is 27.4 Å². The first-order valence-electron chi connectivity index (χ1n) is 9.42. The van der Waals surface area contributed by atoms with Gasteiger partial charge in [-0.15, -0.1) is 5.10 Å². The molecule has 1 heterocycles. The van der Waals surface area contributed by atoms with E-state index in [4.69, 9.17) is 9.47 Å². The smallest absolute Gasteiger partial charge is 0.416 e. The highest BCUT2D eigenvalue weighted by Crippen LogP contribution is 2.35. The van der Waals surface area contributed by atoms with Gasteiger partial charge in [0.15, 0.2) is 0 Å². The molecule has 3 aromatic rings. The molecule has 0 fully saturated rings. The van der Waals surface area contributed by atoms with Crippen LogP contribution in [0.1, 0.15) is 11.1 Å². The van der Waals surface area contributed by atoms with Gasteiger partial charge in [-0.1, -0.05) is 42.1 Å². The average Bonchev–Trinajstić information content (AvgIpc) is 3.20. The largest absolute Gasteiger partial charge is 0.489 e. The summed E-state index contributed by atoms with van der Waals surface area (Å²) in [7, 11) is 1.47. The zero-order valence-corrected chi connectivity index (χ0v) is 17.8. The van der Waals surface area contributed by atoms with E-state index in [0.29, 0.717) is 11.7 Å². The van der Waals surface area contributed by atoms with Gasteiger partial charge in [0.25, 0.3) is 0 Å². The topological polar surface area (TPSA) is 91.2 Å². The Labute approximate surface area is 186 Å². The lowest BCUT2D eigenvalue weighted by molar-refractivity contribution is -0.137. The number of anilines is 1. The van der Waals surface area contributed by atoms with Crippen molar-refractivity contribution in [2.75, 3.05) is 31.4 Å². The number of ether oxygens (including phenoxy) is 2. The predicted molar refractivity (Wildman–Crippen MR) is 112 cm³/mol. The molecule has 1 aromatic heterocycles. The van der Waals surface area contributed by atoms with Crippen molar-refractivity contribution in [1.82, 2.24) is 20.2 Å². The highest BCUT2D eigenvalue weighted by Gasteiger charge is 2.31. The van der Waals surface area contributed by atoms with Crippen molar-refractivity contribution in [2.45, 2.75) is 17.9 Å². The van der Waals surface area contributed by atoms with Gasteiger partial charge in [0.05, 0.1) is 30.2 Å². The van der Waals surface area contributed by atoms with E-state index in [0.717, 1.165) is 29.5 Å². The second-order valence-corrected chi connectivity index (χ2v) is 7.43. The van der Waals surface area contributed by atoms with E-state index in [2.05, 4.69) is 20.8 Å². The Balaban J connectivity index is 1.66. The lowest BCUT2D eigenvalue weighted by atomic mass is 10.1. The molecule has 1 N–H and O–H groups in total. The van der Waals surface area contributed by atoms with Gasteiger partial charge in [0, 0.05) is 7.11 Å². The number of amides is 1. The van der Waals surface area contributed by atoms with Gasteiger partial charge in [-0.2, -0.15) is 13.2 Å². The average molecular weight is 467 g/mol. The maximum atomic E-state index is 13.1. The molecule has 0 aliphatic heterocycles.